The first-order chi connectivity index (χ1) is 26.4. The average Bonchev–Trinajstić information content (AvgIpc) is 3.17. The molecule has 0 bridgehead atoms. The molecule has 1 saturated carbocycles. The summed E-state index contributed by atoms with van der Waals surface area (Å²) in [5.74, 6) is 4.18. The molecular formula is C46H68N8O. The number of rotatable bonds is 11. The molecule has 2 aliphatic rings. The summed E-state index contributed by atoms with van der Waals surface area (Å²) in [7, 11) is 5.95. The fraction of sp³-hybridized carbons (Fsp3) is 0.478. The second-order valence-corrected chi connectivity index (χ2v) is 15.2. The lowest BCUT2D eigenvalue weighted by Crippen LogP contribution is -2.57. The maximum absolute atomic E-state index is 12.5. The van der Waals surface area contributed by atoms with Crippen LogP contribution in [0.5, 0.6) is 0 Å². The Morgan fingerprint density at radius 1 is 1.05 bits per heavy atom. The van der Waals surface area contributed by atoms with Crippen molar-refractivity contribution in [2.24, 2.45) is 27.7 Å². The molecule has 3 N–H and O–H groups in total. The van der Waals surface area contributed by atoms with Crippen molar-refractivity contribution in [2.75, 3.05) is 33.0 Å². The third-order valence-electron chi connectivity index (χ3n) is 9.79. The van der Waals surface area contributed by atoms with Crippen LogP contribution >= 0.6 is 0 Å². The number of likely N-dealkylation sites (N-methyl/N-ethyl adjacent to an activating group) is 1. The van der Waals surface area contributed by atoms with Crippen molar-refractivity contribution >= 4 is 34.3 Å². The Kier molecular flexibility index (Phi) is 18.3. The summed E-state index contributed by atoms with van der Waals surface area (Å²) < 4.78 is 0. The Morgan fingerprint density at radius 2 is 1.75 bits per heavy atom. The van der Waals surface area contributed by atoms with Crippen LogP contribution in [0.15, 0.2) is 101 Å². The Bertz CT molecular complexity index is 1810. The number of aromatic nitrogens is 1. The maximum Gasteiger partial charge on any atom is 0.248 e. The normalized spacial score (nSPS) is 19.5. The number of guanidine groups is 2. The van der Waals surface area contributed by atoms with Crippen molar-refractivity contribution in [3.8, 4) is 11.3 Å². The zero-order valence-corrected chi connectivity index (χ0v) is 35.5. The number of allylic oxidation sites excluding steroid dienone is 2. The molecule has 55 heavy (non-hydrogen) atoms. The van der Waals surface area contributed by atoms with E-state index < -0.39 is 0 Å². The number of fused-ring (bicyclic) bond motifs is 1. The molecule has 9 nitrogen and oxygen atoms in total. The molecule has 3 aromatic rings. The van der Waals surface area contributed by atoms with Crippen LogP contribution in [0.2, 0.25) is 0 Å². The van der Waals surface area contributed by atoms with Crippen molar-refractivity contribution in [1.82, 2.24) is 25.4 Å². The van der Waals surface area contributed by atoms with Crippen LogP contribution in [0, 0.1) is 17.8 Å². The first-order valence-corrected chi connectivity index (χ1v) is 20.3. The van der Waals surface area contributed by atoms with Crippen LogP contribution in [-0.2, 0) is 11.3 Å². The van der Waals surface area contributed by atoms with Crippen LogP contribution in [0.3, 0.4) is 0 Å². The molecule has 0 unspecified atom stereocenters. The number of nitrogens with one attached hydrogen (secondary N) is 3. The number of carbonyl (C=O) groups excluding carboxylic acids is 1. The van der Waals surface area contributed by atoms with Gasteiger partial charge in [0.25, 0.3) is 0 Å². The summed E-state index contributed by atoms with van der Waals surface area (Å²) in [4.78, 5) is 31.6. The molecule has 2 aromatic carbocycles. The van der Waals surface area contributed by atoms with Crippen molar-refractivity contribution in [3.05, 3.63) is 96.5 Å². The summed E-state index contributed by atoms with van der Waals surface area (Å²) in [5.41, 5.74) is 4.80. The van der Waals surface area contributed by atoms with Gasteiger partial charge in [-0.1, -0.05) is 111 Å². The summed E-state index contributed by atoms with van der Waals surface area (Å²) in [6, 6.07) is 16.5. The standard InChI is InChI=1S/C39H50N8O.C5H12.C2H6/c1-8-32(26(2)3)37-44-38(43-30-17-15-27(4)16-18-30)45-39(47(37)7)41-25-29-12-9-10-13-33(29)36-34-20-19-31(24-28(34)21-22-40-36)42-35(48)14-11-23-46(5)6;1-4-5(2)3;1-2/h8-14,19-22,24,26-27,30H,1,15-18,23,25H2,2-7H3,(H,42,48)(H2,41,43,44,45);5H,4H2,1-3H3;1-2H3/b14-11+,37-32+;;. The largest absolute Gasteiger partial charge is 0.323 e. The van der Waals surface area contributed by atoms with E-state index >= 15 is 0 Å². The van der Waals surface area contributed by atoms with Gasteiger partial charge in [-0.15, -0.1) is 0 Å². The van der Waals surface area contributed by atoms with E-state index in [1.54, 1.807) is 6.08 Å². The highest BCUT2D eigenvalue weighted by atomic mass is 16.1. The summed E-state index contributed by atoms with van der Waals surface area (Å²) in [5, 5.41) is 12.0. The van der Waals surface area contributed by atoms with Gasteiger partial charge in [-0.2, -0.15) is 0 Å². The van der Waals surface area contributed by atoms with Gasteiger partial charge in [-0.3, -0.25) is 15.1 Å². The lowest BCUT2D eigenvalue weighted by molar-refractivity contribution is -0.111. The topological polar surface area (TPSA) is 97.2 Å². The zero-order valence-electron chi connectivity index (χ0n) is 35.5. The van der Waals surface area contributed by atoms with E-state index in [-0.39, 0.29) is 11.8 Å². The number of anilines is 1. The van der Waals surface area contributed by atoms with Crippen molar-refractivity contribution in [3.63, 3.8) is 0 Å². The van der Waals surface area contributed by atoms with E-state index in [0.29, 0.717) is 19.1 Å². The van der Waals surface area contributed by atoms with Gasteiger partial charge in [0.05, 0.1) is 18.3 Å². The molecule has 0 radical (unpaired) electrons. The maximum atomic E-state index is 12.5. The summed E-state index contributed by atoms with van der Waals surface area (Å²) in [6.07, 6.45) is 13.1. The Balaban J connectivity index is 0.00000107. The number of carbonyl (C=O) groups is 1. The second kappa shape index (κ2) is 22.6. The van der Waals surface area contributed by atoms with Crippen LogP contribution in [0.1, 0.15) is 93.1 Å². The van der Waals surface area contributed by atoms with Crippen molar-refractivity contribution in [2.45, 2.75) is 100 Å². The number of aliphatic imine (C=N–C) groups is 2. The third kappa shape index (κ3) is 13.5. The SMILES string of the molecule is C=C/C(=C1/NC(=NC2CCC(C)CC2)NC(=NCc2ccccc2-c2nccc3cc(NC(=O)/C=C/CN(C)C)ccc23)N1C)C(C)C.CC.CCC(C)C. The first kappa shape index (κ1) is 44.6. The van der Waals surface area contributed by atoms with Gasteiger partial charge in [0.1, 0.15) is 5.82 Å². The van der Waals surface area contributed by atoms with E-state index in [9.17, 15) is 4.79 Å². The fourth-order valence-electron chi connectivity index (χ4n) is 6.23. The van der Waals surface area contributed by atoms with Crippen LogP contribution < -0.4 is 16.0 Å². The average molecular weight is 749 g/mol. The van der Waals surface area contributed by atoms with E-state index in [4.69, 9.17) is 15.0 Å². The van der Waals surface area contributed by atoms with Gasteiger partial charge in [0.15, 0.2) is 0 Å². The first-order valence-electron chi connectivity index (χ1n) is 20.3. The highest BCUT2D eigenvalue weighted by molar-refractivity contribution is 6.04. The summed E-state index contributed by atoms with van der Waals surface area (Å²) >= 11 is 0. The van der Waals surface area contributed by atoms with E-state index in [1.165, 1.54) is 19.3 Å². The molecular weight excluding hydrogens is 681 g/mol. The minimum absolute atomic E-state index is 0.153. The minimum Gasteiger partial charge on any atom is -0.323 e. The van der Waals surface area contributed by atoms with Crippen molar-refractivity contribution < 1.29 is 4.79 Å². The second-order valence-electron chi connectivity index (χ2n) is 15.2. The quantitative estimate of drug-likeness (QED) is 0.169. The van der Waals surface area contributed by atoms with E-state index in [2.05, 4.69) is 81.1 Å². The van der Waals surface area contributed by atoms with Gasteiger partial charge in [0.2, 0.25) is 17.8 Å². The van der Waals surface area contributed by atoms with Crippen LogP contribution in [-0.4, -0.2) is 66.3 Å². The molecule has 2 heterocycles. The number of hydrogen-bond donors (Lipinski definition) is 3. The number of pyridine rings is 1. The van der Waals surface area contributed by atoms with E-state index in [0.717, 1.165) is 81.3 Å². The predicted molar refractivity (Wildman–Crippen MR) is 236 cm³/mol. The Hall–Kier alpha value is -4.76. The minimum atomic E-state index is -0.153. The molecule has 1 amide bonds. The lowest BCUT2D eigenvalue weighted by atomic mass is 9.88. The fourth-order valence-corrected chi connectivity index (χ4v) is 6.23. The monoisotopic (exact) mass is 749 g/mol. The molecule has 9 heteroatoms. The lowest BCUT2D eigenvalue weighted by Gasteiger charge is -2.35. The van der Waals surface area contributed by atoms with Crippen LogP contribution in [0.4, 0.5) is 5.69 Å². The third-order valence-corrected chi connectivity index (χ3v) is 9.79. The van der Waals surface area contributed by atoms with Gasteiger partial charge in [-0.25, -0.2) is 9.98 Å². The smallest absolute Gasteiger partial charge is 0.248 e. The van der Waals surface area contributed by atoms with Gasteiger partial charge in [0, 0.05) is 42.5 Å². The van der Waals surface area contributed by atoms with Crippen molar-refractivity contribution in [1.29, 1.82) is 0 Å². The molecule has 1 aromatic heterocycles. The molecule has 2 fully saturated rings. The molecule has 5 rings (SSSR count). The highest BCUT2D eigenvalue weighted by Crippen LogP contribution is 2.31. The number of nitrogens with zero attached hydrogens (tertiary/aromatic N) is 5. The van der Waals surface area contributed by atoms with Crippen LogP contribution in [0.25, 0.3) is 22.0 Å². The zero-order chi connectivity index (χ0) is 40.5. The molecule has 0 spiro atoms. The molecule has 0 atom stereocenters. The number of hydrogen-bond acceptors (Lipinski definition) is 5. The van der Waals surface area contributed by atoms with Gasteiger partial charge < -0.3 is 20.4 Å². The molecule has 298 valence electrons. The Morgan fingerprint density at radius 3 is 2.38 bits per heavy atom. The Labute approximate surface area is 332 Å². The van der Waals surface area contributed by atoms with Gasteiger partial charge >= 0.3 is 0 Å². The van der Waals surface area contributed by atoms with E-state index in [1.807, 2.05) is 94.6 Å². The summed E-state index contributed by atoms with van der Waals surface area (Å²) in [6.45, 7) is 22.6. The van der Waals surface area contributed by atoms with Gasteiger partial charge in [-0.05, 0) is 92.3 Å². The molecule has 1 aliphatic heterocycles. The number of amides is 1. The molecule has 1 aliphatic carbocycles. The predicted octanol–water partition coefficient (Wildman–Crippen LogP) is 10.0. The highest BCUT2D eigenvalue weighted by Gasteiger charge is 2.26. The molecule has 1 saturated heterocycles. The number of benzene rings is 2.